The lowest BCUT2D eigenvalue weighted by Gasteiger charge is -2.19. The molecule has 0 aliphatic carbocycles. The quantitative estimate of drug-likeness (QED) is 0.547. The van der Waals surface area contributed by atoms with Crippen LogP contribution in [0.15, 0.2) is 24.3 Å². The molecule has 1 aromatic rings. The maximum atomic E-state index is 11.9. The van der Waals surface area contributed by atoms with Crippen molar-refractivity contribution in [2.75, 3.05) is 11.9 Å². The minimum Gasteiger partial charge on any atom is -0.348 e. The molecule has 0 heterocycles. The molecule has 1 aromatic carbocycles. The summed E-state index contributed by atoms with van der Waals surface area (Å²) < 4.78 is 0. The van der Waals surface area contributed by atoms with Crippen molar-refractivity contribution in [3.63, 3.8) is 0 Å². The molecule has 0 aromatic heterocycles. The molecular weight excluding hydrogens is 300 g/mol. The summed E-state index contributed by atoms with van der Waals surface area (Å²) in [4.78, 5) is 23.7. The van der Waals surface area contributed by atoms with Crippen molar-refractivity contribution >= 4 is 17.5 Å². The molecular formula is C20H32N2O2. The predicted molar refractivity (Wildman–Crippen MR) is 100 cm³/mol. The van der Waals surface area contributed by atoms with E-state index in [9.17, 15) is 9.59 Å². The number of rotatable bonds is 8. The Morgan fingerprint density at radius 3 is 2.04 bits per heavy atom. The van der Waals surface area contributed by atoms with E-state index >= 15 is 0 Å². The van der Waals surface area contributed by atoms with Gasteiger partial charge in [-0.1, -0.05) is 71.9 Å². The fourth-order valence-electron chi connectivity index (χ4n) is 2.43. The summed E-state index contributed by atoms with van der Waals surface area (Å²) in [5.74, 6) is -1.17. The summed E-state index contributed by atoms with van der Waals surface area (Å²) in [5.41, 5.74) is 1.90. The van der Waals surface area contributed by atoms with Crippen LogP contribution in [0.5, 0.6) is 0 Å². The minimum absolute atomic E-state index is 0.0665. The molecule has 0 saturated heterocycles. The van der Waals surface area contributed by atoms with Gasteiger partial charge in [0.15, 0.2) is 0 Å². The Labute approximate surface area is 146 Å². The lowest BCUT2D eigenvalue weighted by atomic mass is 9.87. The molecule has 4 heteroatoms. The summed E-state index contributed by atoms with van der Waals surface area (Å²) >= 11 is 0. The van der Waals surface area contributed by atoms with Crippen molar-refractivity contribution in [1.29, 1.82) is 0 Å². The topological polar surface area (TPSA) is 58.2 Å². The Kier molecular flexibility index (Phi) is 8.51. The molecule has 2 N–H and O–H groups in total. The van der Waals surface area contributed by atoms with E-state index in [1.54, 1.807) is 0 Å². The monoisotopic (exact) mass is 332 g/mol. The highest BCUT2D eigenvalue weighted by atomic mass is 16.2. The van der Waals surface area contributed by atoms with Gasteiger partial charge in [0.25, 0.3) is 0 Å². The van der Waals surface area contributed by atoms with Gasteiger partial charge in [0, 0.05) is 12.2 Å². The summed E-state index contributed by atoms with van der Waals surface area (Å²) in [6.45, 7) is 9.15. The van der Waals surface area contributed by atoms with E-state index in [4.69, 9.17) is 0 Å². The third kappa shape index (κ3) is 7.62. The van der Waals surface area contributed by atoms with E-state index < -0.39 is 11.8 Å². The first-order valence-electron chi connectivity index (χ1n) is 9.04. The van der Waals surface area contributed by atoms with Crippen LogP contribution >= 0.6 is 0 Å². The van der Waals surface area contributed by atoms with Crippen LogP contribution in [0.4, 0.5) is 5.69 Å². The number of unbranched alkanes of at least 4 members (excludes halogenated alkanes) is 5. The number of benzene rings is 1. The van der Waals surface area contributed by atoms with Gasteiger partial charge in [0.1, 0.15) is 0 Å². The lowest BCUT2D eigenvalue weighted by Crippen LogP contribution is -2.35. The smallest absolute Gasteiger partial charge is 0.313 e. The average molecular weight is 332 g/mol. The molecule has 134 valence electrons. The largest absolute Gasteiger partial charge is 0.348 e. The normalized spacial score (nSPS) is 11.2. The zero-order valence-corrected chi connectivity index (χ0v) is 15.6. The Morgan fingerprint density at radius 2 is 1.46 bits per heavy atom. The fourth-order valence-corrected chi connectivity index (χ4v) is 2.43. The second-order valence-corrected chi connectivity index (χ2v) is 7.31. The second-order valence-electron chi connectivity index (χ2n) is 7.31. The van der Waals surface area contributed by atoms with Gasteiger partial charge in [0.2, 0.25) is 0 Å². The molecule has 0 fully saturated rings. The van der Waals surface area contributed by atoms with Gasteiger partial charge in [-0.15, -0.1) is 0 Å². The maximum Gasteiger partial charge on any atom is 0.313 e. The highest BCUT2D eigenvalue weighted by molar-refractivity contribution is 6.39. The molecule has 0 aliphatic heterocycles. The zero-order chi connectivity index (χ0) is 18.0. The van der Waals surface area contributed by atoms with Crippen LogP contribution in [0, 0.1) is 0 Å². The molecule has 0 bridgehead atoms. The van der Waals surface area contributed by atoms with E-state index in [0.29, 0.717) is 12.2 Å². The van der Waals surface area contributed by atoms with E-state index in [-0.39, 0.29) is 5.41 Å². The van der Waals surface area contributed by atoms with Gasteiger partial charge in [-0.2, -0.15) is 0 Å². The highest BCUT2D eigenvalue weighted by Crippen LogP contribution is 2.23. The predicted octanol–water partition coefficient (Wildman–Crippen LogP) is 4.40. The van der Waals surface area contributed by atoms with E-state index in [1.165, 1.54) is 31.2 Å². The van der Waals surface area contributed by atoms with Crippen molar-refractivity contribution in [2.45, 2.75) is 71.6 Å². The molecule has 0 atom stereocenters. The van der Waals surface area contributed by atoms with Crippen LogP contribution in [0.25, 0.3) is 0 Å². The highest BCUT2D eigenvalue weighted by Gasteiger charge is 2.15. The van der Waals surface area contributed by atoms with E-state index in [2.05, 4.69) is 38.3 Å². The first-order chi connectivity index (χ1) is 11.3. The van der Waals surface area contributed by atoms with Gasteiger partial charge in [-0.25, -0.2) is 0 Å². The van der Waals surface area contributed by atoms with Crippen molar-refractivity contribution in [2.24, 2.45) is 0 Å². The Balaban J connectivity index is 2.30. The molecule has 0 radical (unpaired) electrons. The van der Waals surface area contributed by atoms with Gasteiger partial charge in [0.05, 0.1) is 0 Å². The lowest BCUT2D eigenvalue weighted by molar-refractivity contribution is -0.136. The van der Waals surface area contributed by atoms with Crippen LogP contribution in [-0.2, 0) is 15.0 Å². The summed E-state index contributed by atoms with van der Waals surface area (Å²) in [6, 6.07) is 7.62. The van der Waals surface area contributed by atoms with Crippen LogP contribution in [0.3, 0.4) is 0 Å². The number of nitrogens with one attached hydrogen (secondary N) is 2. The van der Waals surface area contributed by atoms with Crippen LogP contribution in [0.2, 0.25) is 0 Å². The summed E-state index contributed by atoms with van der Waals surface area (Å²) in [5, 5.41) is 5.32. The number of carbonyl (C=O) groups excluding carboxylic acids is 2. The summed E-state index contributed by atoms with van der Waals surface area (Å²) in [6.07, 6.45) is 6.95. The van der Waals surface area contributed by atoms with Crippen molar-refractivity contribution < 1.29 is 9.59 Å². The summed E-state index contributed by atoms with van der Waals surface area (Å²) in [7, 11) is 0. The van der Waals surface area contributed by atoms with Crippen molar-refractivity contribution in [3.8, 4) is 0 Å². The molecule has 0 spiro atoms. The number of hydrogen-bond acceptors (Lipinski definition) is 2. The molecule has 0 saturated carbocycles. The molecule has 0 aliphatic rings. The molecule has 1 rings (SSSR count). The Bertz CT molecular complexity index is 515. The molecule has 2 amide bonds. The first-order valence-corrected chi connectivity index (χ1v) is 9.04. The van der Waals surface area contributed by atoms with E-state index in [1.807, 2.05) is 24.3 Å². The van der Waals surface area contributed by atoms with Gasteiger partial charge in [-0.3, -0.25) is 9.59 Å². The Hall–Kier alpha value is -1.84. The van der Waals surface area contributed by atoms with Gasteiger partial charge >= 0.3 is 11.8 Å². The molecule has 24 heavy (non-hydrogen) atoms. The fraction of sp³-hybridized carbons (Fsp3) is 0.600. The van der Waals surface area contributed by atoms with Crippen LogP contribution < -0.4 is 10.6 Å². The van der Waals surface area contributed by atoms with Gasteiger partial charge < -0.3 is 10.6 Å². The second kappa shape index (κ2) is 10.1. The standard InChI is InChI=1S/C20H32N2O2/c1-5-6-7-8-9-10-15-21-18(23)19(24)22-17-13-11-16(12-14-17)20(2,3)4/h11-14H,5-10,15H2,1-4H3,(H,21,23)(H,22,24). The zero-order valence-electron chi connectivity index (χ0n) is 15.6. The third-order valence-electron chi connectivity index (χ3n) is 4.03. The van der Waals surface area contributed by atoms with E-state index in [0.717, 1.165) is 12.8 Å². The molecule has 4 nitrogen and oxygen atoms in total. The third-order valence-corrected chi connectivity index (χ3v) is 4.03. The maximum absolute atomic E-state index is 11.9. The van der Waals surface area contributed by atoms with Crippen molar-refractivity contribution in [1.82, 2.24) is 5.32 Å². The van der Waals surface area contributed by atoms with Crippen LogP contribution in [0.1, 0.15) is 71.8 Å². The Morgan fingerprint density at radius 1 is 0.875 bits per heavy atom. The number of anilines is 1. The average Bonchev–Trinajstić information content (AvgIpc) is 2.53. The van der Waals surface area contributed by atoms with Crippen LogP contribution in [-0.4, -0.2) is 18.4 Å². The first kappa shape index (κ1) is 20.2. The SMILES string of the molecule is CCCCCCCCNC(=O)C(=O)Nc1ccc(C(C)(C)C)cc1. The van der Waals surface area contributed by atoms with Gasteiger partial charge in [-0.05, 0) is 29.5 Å². The van der Waals surface area contributed by atoms with Crippen molar-refractivity contribution in [3.05, 3.63) is 29.8 Å². The number of amides is 2. The number of carbonyl (C=O) groups is 2. The minimum atomic E-state index is -0.607. The molecule has 0 unspecified atom stereocenters. The number of hydrogen-bond donors (Lipinski definition) is 2.